The first-order chi connectivity index (χ1) is 10.1. The molecule has 21 heavy (non-hydrogen) atoms. The van der Waals surface area contributed by atoms with Crippen molar-refractivity contribution in [2.75, 3.05) is 20.8 Å². The van der Waals surface area contributed by atoms with E-state index >= 15 is 0 Å². The zero-order valence-electron chi connectivity index (χ0n) is 11.4. The molecule has 0 saturated carbocycles. The molecule has 0 spiro atoms. The summed E-state index contributed by atoms with van der Waals surface area (Å²) in [4.78, 5) is 24.2. The molecular formula is C14H12BrNO5. The average molecular weight is 354 g/mol. The molecule has 0 aliphatic carbocycles. The number of nitrogens with zero attached hydrogens (tertiary/aromatic N) is 1. The molecule has 1 aliphatic heterocycles. The lowest BCUT2D eigenvalue weighted by Gasteiger charge is -2.11. The Morgan fingerprint density at radius 2 is 2.14 bits per heavy atom. The maximum absolute atomic E-state index is 12.3. The second kappa shape index (κ2) is 5.07. The van der Waals surface area contributed by atoms with Gasteiger partial charge in [0.2, 0.25) is 5.91 Å². The van der Waals surface area contributed by atoms with E-state index in [1.54, 1.807) is 12.1 Å². The molecule has 6 nitrogen and oxygen atoms in total. The molecule has 1 aromatic heterocycles. The number of hydrogen-bond donors (Lipinski definition) is 0. The summed E-state index contributed by atoms with van der Waals surface area (Å²) in [6.45, 7) is 0.225. The zero-order valence-corrected chi connectivity index (χ0v) is 13.0. The monoisotopic (exact) mass is 353 g/mol. The number of benzene rings is 1. The third-order valence-corrected chi connectivity index (χ3v) is 3.95. The summed E-state index contributed by atoms with van der Waals surface area (Å²) in [5, 5.41) is 0.702. The maximum atomic E-state index is 12.3. The summed E-state index contributed by atoms with van der Waals surface area (Å²) in [5.41, 5.74) is 0.711. The van der Waals surface area contributed by atoms with Crippen LogP contribution in [0, 0.1) is 0 Å². The number of carbonyl (C=O) groups excluding carboxylic acids is 2. The molecule has 2 heterocycles. The van der Waals surface area contributed by atoms with Crippen LogP contribution in [-0.2, 0) is 4.74 Å². The quantitative estimate of drug-likeness (QED) is 0.776. The lowest BCUT2D eigenvalue weighted by molar-refractivity contribution is 0.0581. The number of hydrogen-bond acceptors (Lipinski definition) is 5. The van der Waals surface area contributed by atoms with Gasteiger partial charge in [0, 0.05) is 5.39 Å². The number of methoxy groups -OCH3 is 2. The van der Waals surface area contributed by atoms with Gasteiger partial charge in [-0.3, -0.25) is 9.36 Å². The second-order valence-electron chi connectivity index (χ2n) is 4.51. The SMILES string of the molecule is COC(=O)c1cc2cc(Br)c(OC)c3c2n1C(=O)CCO3. The summed E-state index contributed by atoms with van der Waals surface area (Å²) >= 11 is 3.41. The van der Waals surface area contributed by atoms with Crippen LogP contribution in [0.4, 0.5) is 0 Å². The van der Waals surface area contributed by atoms with E-state index in [-0.39, 0.29) is 24.6 Å². The normalized spacial score (nSPS) is 13.8. The molecule has 0 saturated heterocycles. The van der Waals surface area contributed by atoms with Crippen molar-refractivity contribution in [3.8, 4) is 11.5 Å². The lowest BCUT2D eigenvalue weighted by atomic mass is 10.2. The van der Waals surface area contributed by atoms with Crippen molar-refractivity contribution in [2.24, 2.45) is 0 Å². The molecule has 0 fully saturated rings. The minimum absolute atomic E-state index is 0.170. The van der Waals surface area contributed by atoms with Gasteiger partial charge in [-0.05, 0) is 28.1 Å². The number of rotatable bonds is 2. The average Bonchev–Trinajstić information content (AvgIpc) is 2.76. The number of aromatic nitrogens is 1. The summed E-state index contributed by atoms with van der Waals surface area (Å²) in [6, 6.07) is 3.39. The van der Waals surface area contributed by atoms with Crippen LogP contribution in [0.1, 0.15) is 21.7 Å². The maximum Gasteiger partial charge on any atom is 0.355 e. The predicted octanol–water partition coefficient (Wildman–Crippen LogP) is 2.62. The highest BCUT2D eigenvalue weighted by Gasteiger charge is 2.28. The highest BCUT2D eigenvalue weighted by atomic mass is 79.9. The Morgan fingerprint density at radius 3 is 2.81 bits per heavy atom. The minimum atomic E-state index is -0.567. The van der Waals surface area contributed by atoms with E-state index in [0.29, 0.717) is 26.9 Å². The Hall–Kier alpha value is -2.02. The Balaban J connectivity index is 2.44. The fourth-order valence-electron chi connectivity index (χ4n) is 2.48. The van der Waals surface area contributed by atoms with E-state index in [1.807, 2.05) is 0 Å². The van der Waals surface area contributed by atoms with E-state index in [2.05, 4.69) is 15.9 Å². The standard InChI is InChI=1S/C14H12BrNO5/c1-19-12-8(15)5-7-6-9(14(18)20-2)16-10(17)3-4-21-13(12)11(7)16/h5-6H,3-4H2,1-2H3. The number of carbonyl (C=O) groups is 2. The van der Waals surface area contributed by atoms with E-state index in [4.69, 9.17) is 14.2 Å². The molecule has 0 atom stereocenters. The molecule has 1 aromatic carbocycles. The second-order valence-corrected chi connectivity index (χ2v) is 5.36. The molecule has 0 unspecified atom stereocenters. The molecule has 0 bridgehead atoms. The topological polar surface area (TPSA) is 66.8 Å². The predicted molar refractivity (Wildman–Crippen MR) is 78.3 cm³/mol. The van der Waals surface area contributed by atoms with E-state index < -0.39 is 5.97 Å². The molecule has 0 N–H and O–H groups in total. The molecule has 0 amide bonds. The highest BCUT2D eigenvalue weighted by molar-refractivity contribution is 9.10. The van der Waals surface area contributed by atoms with Gasteiger partial charge < -0.3 is 14.2 Å². The van der Waals surface area contributed by atoms with Crippen molar-refractivity contribution in [3.05, 3.63) is 22.3 Å². The summed E-state index contributed by atoms with van der Waals surface area (Å²) in [6.07, 6.45) is 0.170. The van der Waals surface area contributed by atoms with Crippen molar-refractivity contribution < 1.29 is 23.8 Å². The Bertz CT molecular complexity index is 765. The summed E-state index contributed by atoms with van der Waals surface area (Å²) in [7, 11) is 2.80. The first-order valence-electron chi connectivity index (χ1n) is 6.24. The Labute approximate surface area is 128 Å². The summed E-state index contributed by atoms with van der Waals surface area (Å²) < 4.78 is 17.8. The van der Waals surface area contributed by atoms with Crippen LogP contribution in [0.25, 0.3) is 10.9 Å². The summed E-state index contributed by atoms with van der Waals surface area (Å²) in [5.74, 6) is 0.159. The van der Waals surface area contributed by atoms with Gasteiger partial charge in [-0.25, -0.2) is 4.79 Å². The van der Waals surface area contributed by atoms with Crippen LogP contribution in [0.3, 0.4) is 0 Å². The fraction of sp³-hybridized carbons (Fsp3) is 0.286. The first kappa shape index (κ1) is 13.9. The van der Waals surface area contributed by atoms with Crippen LogP contribution in [0.2, 0.25) is 0 Å². The largest absolute Gasteiger partial charge is 0.492 e. The van der Waals surface area contributed by atoms with Crippen LogP contribution in [-0.4, -0.2) is 37.3 Å². The van der Waals surface area contributed by atoms with Crippen molar-refractivity contribution in [2.45, 2.75) is 6.42 Å². The number of halogens is 1. The molecule has 2 aromatic rings. The van der Waals surface area contributed by atoms with Gasteiger partial charge >= 0.3 is 5.97 Å². The van der Waals surface area contributed by atoms with Crippen molar-refractivity contribution in [1.82, 2.24) is 4.57 Å². The number of esters is 1. The third kappa shape index (κ3) is 1.99. The van der Waals surface area contributed by atoms with Gasteiger partial charge in [0.1, 0.15) is 11.2 Å². The minimum Gasteiger partial charge on any atom is -0.492 e. The van der Waals surface area contributed by atoms with Gasteiger partial charge in [-0.2, -0.15) is 0 Å². The van der Waals surface area contributed by atoms with Gasteiger partial charge in [-0.15, -0.1) is 0 Å². The van der Waals surface area contributed by atoms with E-state index in [1.165, 1.54) is 18.8 Å². The smallest absolute Gasteiger partial charge is 0.355 e. The van der Waals surface area contributed by atoms with Gasteiger partial charge in [0.05, 0.1) is 31.7 Å². The van der Waals surface area contributed by atoms with Gasteiger partial charge in [-0.1, -0.05) is 0 Å². The van der Waals surface area contributed by atoms with Crippen LogP contribution in [0.15, 0.2) is 16.6 Å². The Morgan fingerprint density at radius 1 is 1.38 bits per heavy atom. The van der Waals surface area contributed by atoms with Crippen molar-refractivity contribution in [3.63, 3.8) is 0 Å². The van der Waals surface area contributed by atoms with Crippen molar-refractivity contribution >= 4 is 38.7 Å². The third-order valence-electron chi connectivity index (χ3n) is 3.36. The van der Waals surface area contributed by atoms with Crippen molar-refractivity contribution in [1.29, 1.82) is 0 Å². The fourth-order valence-corrected chi connectivity index (χ4v) is 3.07. The van der Waals surface area contributed by atoms with Crippen LogP contribution in [0.5, 0.6) is 11.5 Å². The number of ether oxygens (including phenoxy) is 3. The molecule has 0 radical (unpaired) electrons. The lowest BCUT2D eigenvalue weighted by Crippen LogP contribution is -2.17. The Kier molecular flexibility index (Phi) is 3.36. The van der Waals surface area contributed by atoms with E-state index in [0.717, 1.165) is 0 Å². The molecule has 3 rings (SSSR count). The first-order valence-corrected chi connectivity index (χ1v) is 7.04. The van der Waals surface area contributed by atoms with Crippen LogP contribution >= 0.6 is 15.9 Å². The molecule has 1 aliphatic rings. The molecule has 7 heteroatoms. The molecule has 110 valence electrons. The zero-order chi connectivity index (χ0) is 15.1. The van der Waals surface area contributed by atoms with E-state index in [9.17, 15) is 9.59 Å². The van der Waals surface area contributed by atoms with Crippen LogP contribution < -0.4 is 9.47 Å². The molecular weight excluding hydrogens is 342 g/mol. The van der Waals surface area contributed by atoms with Gasteiger partial charge in [0.25, 0.3) is 0 Å². The highest BCUT2D eigenvalue weighted by Crippen LogP contribution is 2.44. The van der Waals surface area contributed by atoms with Gasteiger partial charge in [0.15, 0.2) is 11.5 Å².